The van der Waals surface area contributed by atoms with Crippen LogP contribution in [0.2, 0.25) is 0 Å². The van der Waals surface area contributed by atoms with E-state index in [2.05, 4.69) is 35.7 Å². The molecule has 0 saturated carbocycles. The van der Waals surface area contributed by atoms with Crippen LogP contribution in [0.1, 0.15) is 25.7 Å². The summed E-state index contributed by atoms with van der Waals surface area (Å²) in [5, 5.41) is 0. The fourth-order valence-electron chi connectivity index (χ4n) is 3.11. The molecule has 3 heterocycles. The molecule has 2 aliphatic heterocycles. The first kappa shape index (κ1) is 15.6. The molecule has 6 nitrogen and oxygen atoms in total. The minimum atomic E-state index is 0.371. The van der Waals surface area contributed by atoms with Gasteiger partial charge in [0.1, 0.15) is 5.75 Å². The van der Waals surface area contributed by atoms with Crippen LogP contribution < -0.4 is 14.5 Å². The highest BCUT2D eigenvalue weighted by Gasteiger charge is 2.22. The van der Waals surface area contributed by atoms with Crippen LogP contribution >= 0.6 is 15.9 Å². The van der Waals surface area contributed by atoms with Gasteiger partial charge in [-0.15, -0.1) is 0 Å². The second-order valence-electron chi connectivity index (χ2n) is 6.16. The van der Waals surface area contributed by atoms with Crippen molar-refractivity contribution in [2.75, 3.05) is 36.0 Å². The largest absolute Gasteiger partial charge is 0.424 e. The van der Waals surface area contributed by atoms with E-state index in [-0.39, 0.29) is 0 Å². The van der Waals surface area contributed by atoms with E-state index >= 15 is 0 Å². The third kappa shape index (κ3) is 3.45. The van der Waals surface area contributed by atoms with Crippen LogP contribution in [0.5, 0.6) is 11.8 Å². The molecule has 0 bridgehead atoms. The Bertz CT molecular complexity index is 662. The molecule has 0 amide bonds. The minimum absolute atomic E-state index is 0.371. The fraction of sp³-hybridized carbons (Fsp3) is 0.471. The van der Waals surface area contributed by atoms with E-state index in [1.165, 1.54) is 25.7 Å². The van der Waals surface area contributed by atoms with Crippen LogP contribution in [-0.2, 0) is 0 Å². The summed E-state index contributed by atoms with van der Waals surface area (Å²) in [5.41, 5.74) is 0. The van der Waals surface area contributed by atoms with Crippen molar-refractivity contribution in [1.29, 1.82) is 0 Å². The third-order valence-corrected chi connectivity index (χ3v) is 4.92. The Hall–Kier alpha value is -1.89. The smallest absolute Gasteiger partial charge is 0.328 e. The van der Waals surface area contributed by atoms with E-state index in [9.17, 15) is 0 Å². The van der Waals surface area contributed by atoms with Gasteiger partial charge < -0.3 is 14.5 Å². The Balaban J connectivity index is 1.64. The highest BCUT2D eigenvalue weighted by atomic mass is 79.9. The average Bonchev–Trinajstić information content (AvgIpc) is 3.30. The first-order valence-corrected chi connectivity index (χ1v) is 9.27. The third-order valence-electron chi connectivity index (χ3n) is 4.39. The molecule has 0 spiro atoms. The van der Waals surface area contributed by atoms with Crippen LogP contribution in [0, 0.1) is 0 Å². The van der Waals surface area contributed by atoms with Crippen molar-refractivity contribution in [2.45, 2.75) is 25.7 Å². The summed E-state index contributed by atoms with van der Waals surface area (Å²) in [6, 6.07) is 8.06. The summed E-state index contributed by atoms with van der Waals surface area (Å²) in [6.07, 6.45) is 4.75. The van der Waals surface area contributed by atoms with Gasteiger partial charge in [-0.05, 0) is 49.9 Å². The highest BCUT2D eigenvalue weighted by Crippen LogP contribution is 2.26. The molecular weight excluding hydrogens is 370 g/mol. The average molecular weight is 390 g/mol. The molecule has 2 fully saturated rings. The first-order chi connectivity index (χ1) is 11.8. The lowest BCUT2D eigenvalue weighted by atomic mass is 10.3. The zero-order valence-electron chi connectivity index (χ0n) is 13.5. The van der Waals surface area contributed by atoms with E-state index in [0.717, 1.165) is 48.3 Å². The van der Waals surface area contributed by atoms with Crippen LogP contribution in [-0.4, -0.2) is 41.1 Å². The predicted molar refractivity (Wildman–Crippen MR) is 96.9 cm³/mol. The Labute approximate surface area is 150 Å². The van der Waals surface area contributed by atoms with Gasteiger partial charge in [0.25, 0.3) is 0 Å². The van der Waals surface area contributed by atoms with E-state index in [1.807, 2.05) is 24.3 Å². The fourth-order valence-corrected chi connectivity index (χ4v) is 3.37. The maximum Gasteiger partial charge on any atom is 0.328 e. The molecule has 7 heteroatoms. The maximum atomic E-state index is 5.90. The van der Waals surface area contributed by atoms with Gasteiger partial charge in [0, 0.05) is 30.7 Å². The Morgan fingerprint density at radius 3 is 1.75 bits per heavy atom. The van der Waals surface area contributed by atoms with Crippen LogP contribution in [0.25, 0.3) is 0 Å². The summed E-state index contributed by atoms with van der Waals surface area (Å²) in [6.45, 7) is 4.00. The van der Waals surface area contributed by atoms with Crippen molar-refractivity contribution in [2.24, 2.45) is 0 Å². The zero-order chi connectivity index (χ0) is 16.4. The predicted octanol–water partition coefficient (Wildman–Crippen LogP) is 3.63. The monoisotopic (exact) mass is 389 g/mol. The molecular formula is C17H20BrN5O. The molecule has 0 atom stereocenters. The van der Waals surface area contributed by atoms with Crippen LogP contribution in [0.3, 0.4) is 0 Å². The van der Waals surface area contributed by atoms with E-state index in [1.54, 1.807) is 0 Å². The van der Waals surface area contributed by atoms with Crippen LogP contribution in [0.4, 0.5) is 11.9 Å². The lowest BCUT2D eigenvalue weighted by molar-refractivity contribution is 0.439. The van der Waals surface area contributed by atoms with E-state index < -0.39 is 0 Å². The summed E-state index contributed by atoms with van der Waals surface area (Å²) >= 11 is 3.43. The molecule has 0 unspecified atom stereocenters. The lowest BCUT2D eigenvalue weighted by Crippen LogP contribution is -2.25. The maximum absolute atomic E-state index is 5.90. The number of anilines is 2. The van der Waals surface area contributed by atoms with Gasteiger partial charge in [0.05, 0.1) is 0 Å². The normalized spacial score (nSPS) is 17.5. The topological polar surface area (TPSA) is 54.4 Å². The molecule has 4 rings (SSSR count). The number of halogens is 1. The second kappa shape index (κ2) is 6.93. The molecule has 2 aliphatic rings. The SMILES string of the molecule is Brc1ccc(Oc2nc(N3CCCC3)nc(N3CCCC3)n2)cc1. The minimum Gasteiger partial charge on any atom is -0.424 e. The summed E-state index contributed by atoms with van der Waals surface area (Å²) in [7, 11) is 0. The van der Waals surface area contributed by atoms with Gasteiger partial charge in [0.2, 0.25) is 11.9 Å². The van der Waals surface area contributed by atoms with Gasteiger partial charge in [-0.25, -0.2) is 0 Å². The molecule has 2 aromatic rings. The van der Waals surface area contributed by atoms with Crippen molar-refractivity contribution in [3.8, 4) is 11.8 Å². The number of ether oxygens (including phenoxy) is 1. The van der Waals surface area contributed by atoms with Gasteiger partial charge >= 0.3 is 6.01 Å². The van der Waals surface area contributed by atoms with Gasteiger partial charge in [-0.2, -0.15) is 15.0 Å². The Morgan fingerprint density at radius 1 is 0.750 bits per heavy atom. The second-order valence-corrected chi connectivity index (χ2v) is 7.08. The summed E-state index contributed by atoms with van der Waals surface area (Å²) in [4.78, 5) is 18.2. The summed E-state index contributed by atoms with van der Waals surface area (Å²) < 4.78 is 6.91. The number of nitrogens with zero attached hydrogens (tertiary/aromatic N) is 5. The van der Waals surface area contributed by atoms with Crippen molar-refractivity contribution in [3.05, 3.63) is 28.7 Å². The first-order valence-electron chi connectivity index (χ1n) is 8.47. The number of hydrogen-bond donors (Lipinski definition) is 0. The van der Waals surface area contributed by atoms with Crippen LogP contribution in [0.15, 0.2) is 28.7 Å². The van der Waals surface area contributed by atoms with E-state index in [4.69, 9.17) is 9.72 Å². The summed E-state index contributed by atoms with van der Waals surface area (Å²) in [5.74, 6) is 2.19. The Kier molecular flexibility index (Phi) is 4.51. The number of benzene rings is 1. The van der Waals surface area contributed by atoms with Gasteiger partial charge in [-0.3, -0.25) is 0 Å². The molecule has 0 N–H and O–H groups in total. The molecule has 1 aromatic carbocycles. The number of hydrogen-bond acceptors (Lipinski definition) is 6. The quantitative estimate of drug-likeness (QED) is 0.795. The van der Waals surface area contributed by atoms with Crippen molar-refractivity contribution >= 4 is 27.8 Å². The van der Waals surface area contributed by atoms with Crippen molar-refractivity contribution in [1.82, 2.24) is 15.0 Å². The zero-order valence-corrected chi connectivity index (χ0v) is 15.1. The Morgan fingerprint density at radius 2 is 1.25 bits per heavy atom. The van der Waals surface area contributed by atoms with Gasteiger partial charge in [0.15, 0.2) is 0 Å². The van der Waals surface area contributed by atoms with Crippen molar-refractivity contribution in [3.63, 3.8) is 0 Å². The van der Waals surface area contributed by atoms with Crippen molar-refractivity contribution < 1.29 is 4.74 Å². The molecule has 0 aliphatic carbocycles. The molecule has 1 aromatic heterocycles. The highest BCUT2D eigenvalue weighted by molar-refractivity contribution is 9.10. The number of aromatic nitrogens is 3. The standard InChI is InChI=1S/C17H20BrN5O/c18-13-5-7-14(8-6-13)24-17-20-15(22-9-1-2-10-22)19-16(21-17)23-11-3-4-12-23/h5-8H,1-4,9-12H2. The number of rotatable bonds is 4. The molecule has 0 radical (unpaired) electrons. The van der Waals surface area contributed by atoms with Gasteiger partial charge in [-0.1, -0.05) is 15.9 Å². The molecule has 24 heavy (non-hydrogen) atoms. The van der Waals surface area contributed by atoms with E-state index in [0.29, 0.717) is 6.01 Å². The molecule has 126 valence electrons. The molecule has 2 saturated heterocycles. The lowest BCUT2D eigenvalue weighted by Gasteiger charge is -2.20.